The fraction of sp³-hybridized carbons (Fsp3) is 0.750. The van der Waals surface area contributed by atoms with Gasteiger partial charge in [-0.3, -0.25) is 0 Å². The molecule has 1 aromatic rings. The fourth-order valence-electron chi connectivity index (χ4n) is 2.56. The highest BCUT2D eigenvalue weighted by Gasteiger charge is 2.18. The summed E-state index contributed by atoms with van der Waals surface area (Å²) < 4.78 is 0. The van der Waals surface area contributed by atoms with Crippen molar-refractivity contribution in [2.45, 2.75) is 59.4 Å². The first-order chi connectivity index (χ1) is 10.2. The molecule has 0 radical (unpaired) electrons. The van der Waals surface area contributed by atoms with Crippen LogP contribution in [0.2, 0.25) is 0 Å². The lowest BCUT2D eigenvalue weighted by atomic mass is 10.1. The van der Waals surface area contributed by atoms with Crippen molar-refractivity contribution in [3.63, 3.8) is 0 Å². The largest absolute Gasteiger partial charge is 0.395 e. The average molecular weight is 294 g/mol. The molecule has 0 aliphatic heterocycles. The van der Waals surface area contributed by atoms with Gasteiger partial charge >= 0.3 is 0 Å². The van der Waals surface area contributed by atoms with Crippen LogP contribution in [0.15, 0.2) is 6.07 Å². The van der Waals surface area contributed by atoms with Gasteiger partial charge in [0.25, 0.3) is 0 Å². The third-order valence-electron chi connectivity index (χ3n) is 3.61. The molecule has 1 aromatic heterocycles. The molecular weight excluding hydrogens is 264 g/mol. The lowest BCUT2D eigenvalue weighted by Gasteiger charge is -2.31. The summed E-state index contributed by atoms with van der Waals surface area (Å²) in [5.41, 5.74) is 0. The number of rotatable bonds is 10. The van der Waals surface area contributed by atoms with Crippen molar-refractivity contribution in [1.82, 2.24) is 9.97 Å². The fourth-order valence-corrected chi connectivity index (χ4v) is 2.56. The molecule has 0 atom stereocenters. The summed E-state index contributed by atoms with van der Waals surface area (Å²) in [6.07, 6.45) is 3.99. The summed E-state index contributed by atoms with van der Waals surface area (Å²) in [5.74, 6) is 2.67. The number of hydrogen-bond acceptors (Lipinski definition) is 5. The smallest absolute Gasteiger partial charge is 0.134 e. The third kappa shape index (κ3) is 5.16. The minimum Gasteiger partial charge on any atom is -0.395 e. The predicted octanol–water partition coefficient (Wildman–Crippen LogP) is 2.85. The topological polar surface area (TPSA) is 61.3 Å². The molecule has 5 heteroatoms. The van der Waals surface area contributed by atoms with E-state index < -0.39 is 0 Å². The average Bonchev–Trinajstić information content (AvgIpc) is 2.48. The quantitative estimate of drug-likeness (QED) is 0.695. The summed E-state index contributed by atoms with van der Waals surface area (Å²) in [6, 6.07) is 2.40. The number of anilines is 2. The number of aromatic nitrogens is 2. The van der Waals surface area contributed by atoms with Gasteiger partial charge in [0, 0.05) is 31.6 Å². The Balaban J connectivity index is 3.14. The Morgan fingerprint density at radius 3 is 2.43 bits per heavy atom. The Morgan fingerprint density at radius 1 is 1.19 bits per heavy atom. The number of nitrogens with one attached hydrogen (secondary N) is 1. The lowest BCUT2D eigenvalue weighted by Crippen LogP contribution is -2.37. The van der Waals surface area contributed by atoms with Crippen molar-refractivity contribution in [2.75, 3.05) is 29.9 Å². The molecule has 21 heavy (non-hydrogen) atoms. The molecule has 0 saturated heterocycles. The number of nitrogens with zero attached hydrogens (tertiary/aromatic N) is 3. The van der Waals surface area contributed by atoms with Crippen LogP contribution in [0.4, 0.5) is 11.6 Å². The Morgan fingerprint density at radius 2 is 1.90 bits per heavy atom. The van der Waals surface area contributed by atoms with E-state index in [0.717, 1.165) is 49.7 Å². The SMILES string of the molecule is CCCc1nc(NCC)cc(N(CCO)C(CC)CC)n1. The molecule has 0 amide bonds. The predicted molar refractivity (Wildman–Crippen MR) is 89.0 cm³/mol. The summed E-state index contributed by atoms with van der Waals surface area (Å²) >= 11 is 0. The molecule has 0 bridgehead atoms. The highest BCUT2D eigenvalue weighted by atomic mass is 16.3. The molecule has 0 aromatic carbocycles. The highest BCUT2D eigenvalue weighted by Crippen LogP contribution is 2.21. The van der Waals surface area contributed by atoms with E-state index >= 15 is 0 Å². The molecule has 0 unspecified atom stereocenters. The molecule has 0 spiro atoms. The van der Waals surface area contributed by atoms with Crippen molar-refractivity contribution in [1.29, 1.82) is 0 Å². The van der Waals surface area contributed by atoms with Gasteiger partial charge in [0.05, 0.1) is 6.61 Å². The van der Waals surface area contributed by atoms with Crippen molar-refractivity contribution in [2.24, 2.45) is 0 Å². The number of hydrogen-bond donors (Lipinski definition) is 2. The zero-order valence-electron chi connectivity index (χ0n) is 13.9. The molecule has 0 aliphatic rings. The van der Waals surface area contributed by atoms with Gasteiger partial charge < -0.3 is 15.3 Å². The minimum absolute atomic E-state index is 0.139. The Hall–Kier alpha value is -1.36. The highest BCUT2D eigenvalue weighted by molar-refractivity contribution is 5.50. The minimum atomic E-state index is 0.139. The first kappa shape index (κ1) is 17.7. The maximum Gasteiger partial charge on any atom is 0.134 e. The van der Waals surface area contributed by atoms with E-state index in [0.29, 0.717) is 12.6 Å². The van der Waals surface area contributed by atoms with Crippen LogP contribution in [0, 0.1) is 0 Å². The normalized spacial score (nSPS) is 11.0. The van der Waals surface area contributed by atoms with Crippen LogP contribution < -0.4 is 10.2 Å². The Bertz CT molecular complexity index is 383. The number of aliphatic hydroxyl groups is 1. The summed E-state index contributed by atoms with van der Waals surface area (Å²) in [4.78, 5) is 11.5. The standard InChI is InChI=1S/C16H30N4O/c1-5-9-14-18-15(17-8-4)12-16(19-14)20(10-11-21)13(6-2)7-3/h12-13,21H,5-11H2,1-4H3,(H,17,18,19). The van der Waals surface area contributed by atoms with Crippen LogP contribution in [-0.4, -0.2) is 40.8 Å². The molecule has 120 valence electrons. The van der Waals surface area contributed by atoms with Gasteiger partial charge in [0.15, 0.2) is 0 Å². The van der Waals surface area contributed by atoms with E-state index in [1.54, 1.807) is 0 Å². The molecule has 1 heterocycles. The van der Waals surface area contributed by atoms with Gasteiger partial charge in [-0.1, -0.05) is 20.8 Å². The zero-order valence-corrected chi connectivity index (χ0v) is 13.9. The first-order valence-corrected chi connectivity index (χ1v) is 8.19. The monoisotopic (exact) mass is 294 g/mol. The van der Waals surface area contributed by atoms with Gasteiger partial charge in [0.2, 0.25) is 0 Å². The van der Waals surface area contributed by atoms with Crippen LogP contribution in [0.1, 0.15) is 52.8 Å². The maximum absolute atomic E-state index is 9.38. The Labute approximate surface area is 128 Å². The van der Waals surface area contributed by atoms with E-state index in [-0.39, 0.29) is 6.61 Å². The third-order valence-corrected chi connectivity index (χ3v) is 3.61. The molecular formula is C16H30N4O. The van der Waals surface area contributed by atoms with Crippen molar-refractivity contribution in [3.05, 3.63) is 11.9 Å². The van der Waals surface area contributed by atoms with Crippen LogP contribution in [0.25, 0.3) is 0 Å². The summed E-state index contributed by atoms with van der Waals surface area (Å²) in [5, 5.41) is 12.7. The van der Waals surface area contributed by atoms with E-state index in [1.165, 1.54) is 0 Å². The lowest BCUT2D eigenvalue weighted by molar-refractivity contribution is 0.295. The van der Waals surface area contributed by atoms with Crippen molar-refractivity contribution < 1.29 is 5.11 Å². The zero-order chi connectivity index (χ0) is 15.7. The van der Waals surface area contributed by atoms with E-state index in [4.69, 9.17) is 4.98 Å². The van der Waals surface area contributed by atoms with Crippen LogP contribution in [-0.2, 0) is 6.42 Å². The second-order valence-electron chi connectivity index (χ2n) is 5.20. The van der Waals surface area contributed by atoms with Gasteiger partial charge in [-0.15, -0.1) is 0 Å². The number of aliphatic hydroxyl groups excluding tert-OH is 1. The van der Waals surface area contributed by atoms with Crippen molar-refractivity contribution >= 4 is 11.6 Å². The molecule has 1 rings (SSSR count). The summed E-state index contributed by atoms with van der Waals surface area (Å²) in [6.45, 7) is 10.1. The van der Waals surface area contributed by atoms with E-state index in [2.05, 4.69) is 42.9 Å². The molecule has 5 nitrogen and oxygen atoms in total. The first-order valence-electron chi connectivity index (χ1n) is 8.19. The molecule has 0 saturated carbocycles. The molecule has 0 fully saturated rings. The second-order valence-corrected chi connectivity index (χ2v) is 5.20. The maximum atomic E-state index is 9.38. The molecule has 2 N–H and O–H groups in total. The van der Waals surface area contributed by atoms with Gasteiger partial charge in [-0.05, 0) is 26.2 Å². The Kier molecular flexibility index (Phi) is 8.05. The summed E-state index contributed by atoms with van der Waals surface area (Å²) in [7, 11) is 0. The van der Waals surface area contributed by atoms with Gasteiger partial charge in [0.1, 0.15) is 17.5 Å². The van der Waals surface area contributed by atoms with Gasteiger partial charge in [-0.25, -0.2) is 9.97 Å². The van der Waals surface area contributed by atoms with E-state index in [1.807, 2.05) is 6.07 Å². The molecule has 0 aliphatic carbocycles. The van der Waals surface area contributed by atoms with E-state index in [9.17, 15) is 5.11 Å². The van der Waals surface area contributed by atoms with Gasteiger partial charge in [-0.2, -0.15) is 0 Å². The van der Waals surface area contributed by atoms with Crippen LogP contribution in [0.5, 0.6) is 0 Å². The van der Waals surface area contributed by atoms with Crippen LogP contribution >= 0.6 is 0 Å². The second kappa shape index (κ2) is 9.55. The van der Waals surface area contributed by atoms with Crippen LogP contribution in [0.3, 0.4) is 0 Å². The number of aryl methyl sites for hydroxylation is 1. The van der Waals surface area contributed by atoms with Crippen molar-refractivity contribution in [3.8, 4) is 0 Å².